The van der Waals surface area contributed by atoms with E-state index in [2.05, 4.69) is 15.1 Å². The molecule has 0 saturated heterocycles. The Morgan fingerprint density at radius 3 is 2.70 bits per heavy atom. The molecule has 0 aliphatic rings. The van der Waals surface area contributed by atoms with E-state index in [1.807, 2.05) is 61.3 Å². The lowest BCUT2D eigenvalue weighted by Crippen LogP contribution is -2.29. The van der Waals surface area contributed by atoms with Gasteiger partial charge in [0.15, 0.2) is 0 Å². The van der Waals surface area contributed by atoms with Crippen LogP contribution in [0, 0.1) is 0 Å². The van der Waals surface area contributed by atoms with Crippen molar-refractivity contribution in [2.24, 2.45) is 0 Å². The van der Waals surface area contributed by atoms with Crippen LogP contribution in [-0.2, 0) is 10.5 Å². The number of aromatic nitrogens is 4. The normalized spacial score (nSPS) is 11.9. The molecule has 0 radical (unpaired) electrons. The third-order valence-electron chi connectivity index (χ3n) is 4.47. The minimum atomic E-state index is 0.0167. The van der Waals surface area contributed by atoms with Crippen molar-refractivity contribution in [1.29, 1.82) is 0 Å². The predicted molar refractivity (Wildman–Crippen MR) is 108 cm³/mol. The molecule has 0 N–H and O–H groups in total. The highest BCUT2D eigenvalue weighted by Gasteiger charge is 2.17. The monoisotopic (exact) mass is 381 g/mol. The first-order chi connectivity index (χ1) is 13.1. The molecular weight excluding hydrogens is 358 g/mol. The van der Waals surface area contributed by atoms with Crippen LogP contribution in [0.5, 0.6) is 0 Å². The van der Waals surface area contributed by atoms with Gasteiger partial charge in [-0.3, -0.25) is 9.78 Å². The summed E-state index contributed by atoms with van der Waals surface area (Å²) in [4.78, 5) is 22.6. The van der Waals surface area contributed by atoms with Gasteiger partial charge >= 0.3 is 0 Å². The van der Waals surface area contributed by atoms with Crippen molar-refractivity contribution >= 4 is 17.7 Å². The number of hydrogen-bond donors (Lipinski definition) is 0. The molecule has 2 aromatic heterocycles. The highest BCUT2D eigenvalue weighted by molar-refractivity contribution is 7.98. The number of thioether (sulfide) groups is 1. The van der Waals surface area contributed by atoms with Crippen LogP contribution in [0.15, 0.2) is 61.3 Å². The number of pyridine rings is 1. The number of nitrogens with zero attached hydrogens (tertiary/aromatic N) is 5. The van der Waals surface area contributed by atoms with Crippen molar-refractivity contribution in [2.45, 2.75) is 25.1 Å². The van der Waals surface area contributed by atoms with E-state index < -0.39 is 0 Å². The molecule has 7 heteroatoms. The van der Waals surface area contributed by atoms with Crippen molar-refractivity contribution < 1.29 is 4.79 Å². The Morgan fingerprint density at radius 1 is 1.22 bits per heavy atom. The number of amides is 1. The molecule has 0 fully saturated rings. The van der Waals surface area contributed by atoms with Crippen LogP contribution in [0.2, 0.25) is 0 Å². The third-order valence-corrected chi connectivity index (χ3v) is 5.46. The second kappa shape index (κ2) is 9.32. The highest BCUT2D eigenvalue weighted by Crippen LogP contribution is 2.21. The predicted octanol–water partition coefficient (Wildman–Crippen LogP) is 3.51. The van der Waals surface area contributed by atoms with Gasteiger partial charge in [-0.25, -0.2) is 9.67 Å². The van der Waals surface area contributed by atoms with Gasteiger partial charge in [-0.05, 0) is 36.8 Å². The molecular formula is C20H23N5OS. The largest absolute Gasteiger partial charge is 0.339 e. The van der Waals surface area contributed by atoms with Crippen LogP contribution < -0.4 is 0 Å². The fourth-order valence-corrected chi connectivity index (χ4v) is 3.53. The van der Waals surface area contributed by atoms with Gasteiger partial charge in [0.1, 0.15) is 12.7 Å². The van der Waals surface area contributed by atoms with Gasteiger partial charge in [0.25, 0.3) is 0 Å². The lowest BCUT2D eigenvalue weighted by atomic mass is 10.1. The molecule has 3 aromatic rings. The summed E-state index contributed by atoms with van der Waals surface area (Å²) < 4.78 is 1.71. The molecule has 27 heavy (non-hydrogen) atoms. The van der Waals surface area contributed by atoms with E-state index in [9.17, 15) is 4.79 Å². The van der Waals surface area contributed by atoms with E-state index in [1.165, 1.54) is 6.33 Å². The molecule has 3 rings (SSSR count). The van der Waals surface area contributed by atoms with Gasteiger partial charge in [0.2, 0.25) is 5.91 Å². The minimum Gasteiger partial charge on any atom is -0.339 e. The lowest BCUT2D eigenvalue weighted by molar-refractivity contribution is -0.131. The molecule has 1 atom stereocenters. The summed E-state index contributed by atoms with van der Waals surface area (Å²) in [5, 5.41) is 4.12. The van der Waals surface area contributed by atoms with Crippen molar-refractivity contribution in [1.82, 2.24) is 24.6 Å². The van der Waals surface area contributed by atoms with Gasteiger partial charge in [-0.1, -0.05) is 18.2 Å². The number of benzene rings is 1. The van der Waals surface area contributed by atoms with Crippen LogP contribution in [0.25, 0.3) is 5.69 Å². The molecule has 0 bridgehead atoms. The SMILES string of the molecule is C[C@@H](c1ccc(-n2cncn2)cc1)N(C)C(=O)CCSCc1ccccn1. The zero-order valence-corrected chi connectivity index (χ0v) is 16.3. The third kappa shape index (κ3) is 5.17. The van der Waals surface area contributed by atoms with Crippen LogP contribution in [0.4, 0.5) is 0 Å². The topological polar surface area (TPSA) is 63.9 Å². The Morgan fingerprint density at radius 2 is 2.04 bits per heavy atom. The van der Waals surface area contributed by atoms with Crippen LogP contribution >= 0.6 is 11.8 Å². The molecule has 0 saturated carbocycles. The minimum absolute atomic E-state index is 0.0167. The first-order valence-electron chi connectivity index (χ1n) is 8.83. The van der Waals surface area contributed by atoms with E-state index >= 15 is 0 Å². The van der Waals surface area contributed by atoms with Gasteiger partial charge in [0, 0.05) is 31.2 Å². The molecule has 0 aliphatic carbocycles. The Balaban J connectivity index is 1.48. The van der Waals surface area contributed by atoms with Crippen LogP contribution in [0.1, 0.15) is 30.6 Å². The quantitative estimate of drug-likeness (QED) is 0.559. The average molecular weight is 382 g/mol. The number of carbonyl (C=O) groups is 1. The number of carbonyl (C=O) groups excluding carboxylic acids is 1. The molecule has 0 spiro atoms. The Labute approximate surface area is 163 Å². The Bertz CT molecular complexity index is 837. The van der Waals surface area contributed by atoms with E-state index in [0.717, 1.165) is 28.5 Å². The van der Waals surface area contributed by atoms with Crippen LogP contribution in [-0.4, -0.2) is 43.4 Å². The molecule has 0 aliphatic heterocycles. The molecule has 2 heterocycles. The van der Waals surface area contributed by atoms with E-state index in [1.54, 1.807) is 29.0 Å². The smallest absolute Gasteiger partial charge is 0.223 e. The number of rotatable bonds is 8. The standard InChI is InChI=1S/C20H23N5OS/c1-16(17-6-8-19(9-7-17)25-15-21-14-23-25)24(2)20(26)10-12-27-13-18-5-3-4-11-22-18/h3-9,11,14-16H,10,12-13H2,1-2H3/t16-/m0/s1. The zero-order valence-electron chi connectivity index (χ0n) is 15.5. The maximum absolute atomic E-state index is 12.5. The summed E-state index contributed by atoms with van der Waals surface area (Å²) in [6.45, 7) is 2.05. The molecule has 0 unspecified atom stereocenters. The van der Waals surface area contributed by atoms with E-state index in [-0.39, 0.29) is 11.9 Å². The van der Waals surface area contributed by atoms with Crippen molar-refractivity contribution in [3.63, 3.8) is 0 Å². The summed E-state index contributed by atoms with van der Waals surface area (Å²) in [6.07, 6.45) is 5.49. The van der Waals surface area contributed by atoms with Crippen molar-refractivity contribution in [3.05, 3.63) is 72.6 Å². The van der Waals surface area contributed by atoms with Gasteiger partial charge < -0.3 is 4.90 Å². The van der Waals surface area contributed by atoms with Gasteiger partial charge in [0.05, 0.1) is 17.4 Å². The van der Waals surface area contributed by atoms with Crippen LogP contribution in [0.3, 0.4) is 0 Å². The average Bonchev–Trinajstić information content (AvgIpc) is 3.26. The van der Waals surface area contributed by atoms with Crippen molar-refractivity contribution in [2.75, 3.05) is 12.8 Å². The Kier molecular flexibility index (Phi) is 6.59. The van der Waals surface area contributed by atoms with E-state index in [0.29, 0.717) is 6.42 Å². The second-order valence-corrected chi connectivity index (χ2v) is 7.34. The first-order valence-corrected chi connectivity index (χ1v) is 9.99. The number of hydrogen-bond acceptors (Lipinski definition) is 5. The fourth-order valence-electron chi connectivity index (χ4n) is 2.68. The fraction of sp³-hybridized carbons (Fsp3) is 0.300. The lowest BCUT2D eigenvalue weighted by Gasteiger charge is -2.25. The van der Waals surface area contributed by atoms with Crippen molar-refractivity contribution in [3.8, 4) is 5.69 Å². The summed E-state index contributed by atoms with van der Waals surface area (Å²) in [7, 11) is 1.86. The molecule has 140 valence electrons. The Hall–Kier alpha value is -2.67. The first kappa shape index (κ1) is 19.1. The molecule has 1 amide bonds. The maximum Gasteiger partial charge on any atom is 0.223 e. The summed E-state index contributed by atoms with van der Waals surface area (Å²) in [6, 6.07) is 13.9. The van der Waals surface area contributed by atoms with E-state index in [4.69, 9.17) is 0 Å². The molecule has 1 aromatic carbocycles. The summed E-state index contributed by atoms with van der Waals surface area (Å²) in [5.41, 5.74) is 3.09. The second-order valence-electron chi connectivity index (χ2n) is 6.24. The van der Waals surface area contributed by atoms with Gasteiger partial charge in [-0.15, -0.1) is 0 Å². The maximum atomic E-state index is 12.5. The highest BCUT2D eigenvalue weighted by atomic mass is 32.2. The summed E-state index contributed by atoms with van der Waals surface area (Å²) in [5.74, 6) is 1.77. The zero-order chi connectivity index (χ0) is 19.1. The molecule has 6 nitrogen and oxygen atoms in total. The summed E-state index contributed by atoms with van der Waals surface area (Å²) >= 11 is 1.73. The van der Waals surface area contributed by atoms with Gasteiger partial charge in [-0.2, -0.15) is 16.9 Å².